The molecule has 0 bridgehead atoms. The summed E-state index contributed by atoms with van der Waals surface area (Å²) in [5, 5.41) is 19.9. The summed E-state index contributed by atoms with van der Waals surface area (Å²) in [5.74, 6) is -0.511. The van der Waals surface area contributed by atoms with E-state index in [0.29, 0.717) is 29.4 Å². The molecule has 2 aliphatic rings. The van der Waals surface area contributed by atoms with Gasteiger partial charge in [0.2, 0.25) is 0 Å². The number of fused-ring (bicyclic) bond motifs is 1. The monoisotopic (exact) mass is 406 g/mol. The van der Waals surface area contributed by atoms with Crippen molar-refractivity contribution in [2.24, 2.45) is 0 Å². The first kappa shape index (κ1) is 18.5. The summed E-state index contributed by atoms with van der Waals surface area (Å²) in [6.45, 7) is 1.28. The van der Waals surface area contributed by atoms with Crippen LogP contribution in [0.4, 0.5) is 4.39 Å². The van der Waals surface area contributed by atoms with Crippen molar-refractivity contribution in [3.05, 3.63) is 62.9 Å². The Bertz CT molecular complexity index is 931. The minimum absolute atomic E-state index is 0.0766. The molecule has 140 valence electrons. The molecule has 1 saturated heterocycles. The van der Waals surface area contributed by atoms with Crippen LogP contribution in [0.1, 0.15) is 29.2 Å². The summed E-state index contributed by atoms with van der Waals surface area (Å²) >= 11 is 12.6. The van der Waals surface area contributed by atoms with Gasteiger partial charge in [0.05, 0.1) is 23.8 Å². The number of benzene rings is 2. The zero-order valence-corrected chi connectivity index (χ0v) is 15.8. The molecule has 2 aromatic carbocycles. The van der Waals surface area contributed by atoms with Gasteiger partial charge in [0.25, 0.3) is 0 Å². The fourth-order valence-corrected chi connectivity index (χ4v) is 4.54. The van der Waals surface area contributed by atoms with Crippen molar-refractivity contribution in [2.45, 2.75) is 31.1 Å². The average molecular weight is 407 g/mol. The molecule has 1 heterocycles. The van der Waals surface area contributed by atoms with Gasteiger partial charge in [0.1, 0.15) is 6.10 Å². The lowest BCUT2D eigenvalue weighted by atomic mass is 10.1. The van der Waals surface area contributed by atoms with Gasteiger partial charge in [-0.3, -0.25) is 4.90 Å². The summed E-state index contributed by atoms with van der Waals surface area (Å²) in [6.07, 6.45) is 0.490. The van der Waals surface area contributed by atoms with Gasteiger partial charge in [0, 0.05) is 28.7 Å². The van der Waals surface area contributed by atoms with E-state index in [2.05, 4.69) is 4.90 Å². The van der Waals surface area contributed by atoms with Gasteiger partial charge in [-0.25, -0.2) is 4.39 Å². The van der Waals surface area contributed by atoms with Crippen LogP contribution in [0.25, 0.3) is 0 Å². The first-order valence-corrected chi connectivity index (χ1v) is 9.48. The Morgan fingerprint density at radius 2 is 2.07 bits per heavy atom. The lowest BCUT2D eigenvalue weighted by Crippen LogP contribution is -2.39. The fraction of sp³-hybridized carbons (Fsp3) is 0.350. The first-order valence-electron chi connectivity index (χ1n) is 8.72. The number of nitrogens with zero attached hydrogens (tertiary/aromatic N) is 2. The third-order valence-electron chi connectivity index (χ3n) is 5.24. The summed E-state index contributed by atoms with van der Waals surface area (Å²) in [6, 6.07) is 9.48. The Hall–Kier alpha value is -1.84. The van der Waals surface area contributed by atoms with Gasteiger partial charge in [-0.2, -0.15) is 5.26 Å². The number of nitriles is 1. The maximum absolute atomic E-state index is 14.4. The van der Waals surface area contributed by atoms with E-state index in [1.807, 2.05) is 12.1 Å². The van der Waals surface area contributed by atoms with E-state index < -0.39 is 11.9 Å². The Morgan fingerprint density at radius 3 is 2.74 bits per heavy atom. The molecule has 2 aromatic rings. The van der Waals surface area contributed by atoms with Crippen molar-refractivity contribution in [2.75, 3.05) is 13.1 Å². The third-order valence-corrected chi connectivity index (χ3v) is 5.80. The minimum Gasteiger partial charge on any atom is -0.481 e. The largest absolute Gasteiger partial charge is 0.481 e. The predicted molar refractivity (Wildman–Crippen MR) is 101 cm³/mol. The van der Waals surface area contributed by atoms with Crippen LogP contribution < -0.4 is 4.74 Å². The second kappa shape index (κ2) is 7.29. The SMILES string of the molecule is N#Cc1ccc(O[C@H]2c3cc(Cl)cc(Cl)c3C[C@H]2N2CC[C@@H](O)C2)c(F)c1. The van der Waals surface area contributed by atoms with E-state index in [9.17, 15) is 9.50 Å². The maximum Gasteiger partial charge on any atom is 0.166 e. The summed E-state index contributed by atoms with van der Waals surface area (Å²) < 4.78 is 20.5. The smallest absolute Gasteiger partial charge is 0.166 e. The van der Waals surface area contributed by atoms with Gasteiger partial charge in [-0.15, -0.1) is 0 Å². The van der Waals surface area contributed by atoms with E-state index in [4.69, 9.17) is 33.2 Å². The van der Waals surface area contributed by atoms with Crippen molar-refractivity contribution >= 4 is 23.2 Å². The number of halogens is 3. The Morgan fingerprint density at radius 1 is 1.26 bits per heavy atom. The van der Waals surface area contributed by atoms with Crippen molar-refractivity contribution < 1.29 is 14.2 Å². The van der Waals surface area contributed by atoms with E-state index in [1.165, 1.54) is 12.1 Å². The van der Waals surface area contributed by atoms with Gasteiger partial charge in [-0.1, -0.05) is 23.2 Å². The molecule has 0 saturated carbocycles. The summed E-state index contributed by atoms with van der Waals surface area (Å²) in [7, 11) is 0. The average Bonchev–Trinajstić information content (AvgIpc) is 3.21. The fourth-order valence-electron chi connectivity index (χ4n) is 3.95. The molecule has 0 amide bonds. The van der Waals surface area contributed by atoms with Gasteiger partial charge in [-0.05, 0) is 48.7 Å². The van der Waals surface area contributed by atoms with Crippen LogP contribution in [-0.4, -0.2) is 35.2 Å². The number of hydrogen-bond donors (Lipinski definition) is 1. The second-order valence-corrected chi connectivity index (χ2v) is 7.80. The highest BCUT2D eigenvalue weighted by Crippen LogP contribution is 2.43. The highest BCUT2D eigenvalue weighted by Gasteiger charge is 2.41. The zero-order chi connectivity index (χ0) is 19.1. The Balaban J connectivity index is 1.71. The third kappa shape index (κ3) is 3.51. The highest BCUT2D eigenvalue weighted by atomic mass is 35.5. The summed E-state index contributed by atoms with van der Waals surface area (Å²) in [4.78, 5) is 2.15. The Labute approximate surface area is 166 Å². The summed E-state index contributed by atoms with van der Waals surface area (Å²) in [5.41, 5.74) is 2.01. The van der Waals surface area contributed by atoms with Crippen LogP contribution in [0.15, 0.2) is 30.3 Å². The van der Waals surface area contributed by atoms with Crippen LogP contribution >= 0.6 is 23.2 Å². The number of rotatable bonds is 3. The minimum atomic E-state index is -0.587. The first-order chi connectivity index (χ1) is 13.0. The number of aliphatic hydroxyl groups is 1. The van der Waals surface area contributed by atoms with Crippen molar-refractivity contribution in [1.82, 2.24) is 4.90 Å². The van der Waals surface area contributed by atoms with Crippen molar-refractivity contribution in [3.8, 4) is 11.8 Å². The van der Waals surface area contributed by atoms with Crippen LogP contribution in [0.3, 0.4) is 0 Å². The molecular formula is C20H17Cl2FN2O2. The van der Waals surface area contributed by atoms with Gasteiger partial charge < -0.3 is 9.84 Å². The number of aliphatic hydroxyl groups excluding tert-OH is 1. The lowest BCUT2D eigenvalue weighted by molar-refractivity contribution is 0.0790. The highest BCUT2D eigenvalue weighted by molar-refractivity contribution is 6.35. The molecule has 27 heavy (non-hydrogen) atoms. The predicted octanol–water partition coefficient (Wildman–Crippen LogP) is 4.12. The van der Waals surface area contributed by atoms with E-state index in [0.717, 1.165) is 23.7 Å². The molecule has 0 spiro atoms. The lowest BCUT2D eigenvalue weighted by Gasteiger charge is -2.30. The molecule has 7 heteroatoms. The maximum atomic E-state index is 14.4. The molecule has 1 aliphatic heterocycles. The zero-order valence-electron chi connectivity index (χ0n) is 14.3. The molecule has 4 rings (SSSR count). The van der Waals surface area contributed by atoms with Crippen LogP contribution in [0.5, 0.6) is 5.75 Å². The van der Waals surface area contributed by atoms with Crippen molar-refractivity contribution in [3.63, 3.8) is 0 Å². The molecule has 0 aromatic heterocycles. The van der Waals surface area contributed by atoms with Crippen LogP contribution in [0.2, 0.25) is 10.0 Å². The number of ether oxygens (including phenoxy) is 1. The number of likely N-dealkylation sites (tertiary alicyclic amines) is 1. The topological polar surface area (TPSA) is 56.5 Å². The second-order valence-electron chi connectivity index (χ2n) is 6.96. The quantitative estimate of drug-likeness (QED) is 0.832. The van der Waals surface area contributed by atoms with E-state index in [-0.39, 0.29) is 23.5 Å². The molecule has 0 radical (unpaired) electrons. The normalized spacial score (nSPS) is 24.6. The molecule has 1 fully saturated rings. The molecule has 1 N–H and O–H groups in total. The van der Waals surface area contributed by atoms with E-state index >= 15 is 0 Å². The standard InChI is InChI=1S/C20H17Cl2FN2O2/c21-12-6-15-14(16(22)7-12)8-18(25-4-3-13(26)10-25)20(15)27-19-2-1-11(9-24)5-17(19)23/h1-2,5-7,13,18,20,26H,3-4,8,10H2/t13-,18-,20+/m1/s1. The van der Waals surface area contributed by atoms with Gasteiger partial charge >= 0.3 is 0 Å². The Kier molecular flexibility index (Phi) is 5.00. The van der Waals surface area contributed by atoms with E-state index in [1.54, 1.807) is 6.07 Å². The molecule has 4 nitrogen and oxygen atoms in total. The molecule has 1 aliphatic carbocycles. The van der Waals surface area contributed by atoms with Crippen LogP contribution in [-0.2, 0) is 6.42 Å². The molecular weight excluding hydrogens is 390 g/mol. The number of hydrogen-bond acceptors (Lipinski definition) is 4. The molecule has 3 atom stereocenters. The number of β-amino-alcohol motifs (C(OH)–C–C–N with tert-alkyl or cyclic N) is 1. The van der Waals surface area contributed by atoms with Crippen LogP contribution in [0, 0.1) is 17.1 Å². The van der Waals surface area contributed by atoms with Crippen molar-refractivity contribution in [1.29, 1.82) is 5.26 Å². The van der Waals surface area contributed by atoms with Gasteiger partial charge in [0.15, 0.2) is 11.6 Å². The molecule has 0 unspecified atom stereocenters.